The highest BCUT2D eigenvalue weighted by atomic mass is 16.6. The number of nitrogens with zero attached hydrogens (tertiary/aromatic N) is 4. The number of nitrogens with one attached hydrogen (secondary N) is 1. The van der Waals surface area contributed by atoms with Crippen LogP contribution in [0.15, 0.2) is 66.7 Å². The number of fused-ring (bicyclic) bond motifs is 1. The summed E-state index contributed by atoms with van der Waals surface area (Å²) < 4.78 is 11.2. The molecule has 1 aliphatic rings. The van der Waals surface area contributed by atoms with Gasteiger partial charge in [0.2, 0.25) is 11.9 Å². The standard InChI is InChI=1S/C27H27N5O3/c1-4-22-16-34-27(33)32(22)26-30-18(3)29-25(31-26)28-17(2)19-9-12-23(13-10-19)35-24-14-11-20-7-5-6-8-21(20)15-24/h5-15,17,22H,4,16H2,1-3H3,(H,28,29,30,31)/t17-,22-/m0/s1. The predicted molar refractivity (Wildman–Crippen MR) is 135 cm³/mol. The Bertz CT molecular complexity index is 1360. The van der Waals surface area contributed by atoms with E-state index in [0.29, 0.717) is 24.3 Å². The molecule has 35 heavy (non-hydrogen) atoms. The zero-order chi connectivity index (χ0) is 24.4. The van der Waals surface area contributed by atoms with Crippen molar-refractivity contribution in [3.8, 4) is 11.5 Å². The summed E-state index contributed by atoms with van der Waals surface area (Å²) in [4.78, 5) is 27.0. The van der Waals surface area contributed by atoms with Crippen LogP contribution in [0.25, 0.3) is 10.8 Å². The summed E-state index contributed by atoms with van der Waals surface area (Å²) in [7, 11) is 0. The van der Waals surface area contributed by atoms with Crippen LogP contribution >= 0.6 is 0 Å². The summed E-state index contributed by atoms with van der Waals surface area (Å²) in [5, 5.41) is 5.64. The highest BCUT2D eigenvalue weighted by Gasteiger charge is 2.35. The number of carbonyl (C=O) groups is 1. The van der Waals surface area contributed by atoms with E-state index in [2.05, 4.69) is 38.5 Å². The molecule has 0 unspecified atom stereocenters. The molecule has 1 aromatic heterocycles. The number of ether oxygens (including phenoxy) is 2. The van der Waals surface area contributed by atoms with Crippen molar-refractivity contribution in [3.63, 3.8) is 0 Å². The molecular weight excluding hydrogens is 442 g/mol. The molecule has 1 saturated heterocycles. The maximum atomic E-state index is 12.2. The molecule has 0 radical (unpaired) electrons. The van der Waals surface area contributed by atoms with Gasteiger partial charge in [0.05, 0.1) is 12.1 Å². The molecule has 5 rings (SSSR count). The normalized spacial score (nSPS) is 16.3. The van der Waals surface area contributed by atoms with E-state index in [1.165, 1.54) is 10.3 Å². The largest absolute Gasteiger partial charge is 0.457 e. The summed E-state index contributed by atoms with van der Waals surface area (Å²) in [5.41, 5.74) is 1.04. The van der Waals surface area contributed by atoms with Gasteiger partial charge >= 0.3 is 6.09 Å². The average molecular weight is 470 g/mol. The van der Waals surface area contributed by atoms with Gasteiger partial charge in [-0.2, -0.15) is 15.0 Å². The molecule has 0 saturated carbocycles. The zero-order valence-electron chi connectivity index (χ0n) is 19.9. The SMILES string of the molecule is CC[C@H]1COC(=O)N1c1nc(C)nc(N[C@@H](C)c2ccc(Oc3ccc4ccccc4c3)cc2)n1. The molecule has 2 heterocycles. The Morgan fingerprint density at radius 1 is 1.03 bits per heavy atom. The second-order valence-electron chi connectivity index (χ2n) is 8.56. The molecule has 2 atom stereocenters. The van der Waals surface area contributed by atoms with E-state index in [4.69, 9.17) is 9.47 Å². The number of carbonyl (C=O) groups excluding carboxylic acids is 1. The van der Waals surface area contributed by atoms with Gasteiger partial charge in [0.1, 0.15) is 23.9 Å². The molecule has 8 heteroatoms. The Hall–Kier alpha value is -4.20. The van der Waals surface area contributed by atoms with Crippen molar-refractivity contribution >= 4 is 28.8 Å². The number of hydrogen-bond acceptors (Lipinski definition) is 7. The third kappa shape index (κ3) is 4.87. The summed E-state index contributed by atoms with van der Waals surface area (Å²) >= 11 is 0. The van der Waals surface area contributed by atoms with E-state index in [-0.39, 0.29) is 12.1 Å². The number of amides is 1. The lowest BCUT2D eigenvalue weighted by atomic mass is 10.1. The molecule has 0 aliphatic carbocycles. The Balaban J connectivity index is 1.29. The van der Waals surface area contributed by atoms with Gasteiger partial charge in [-0.3, -0.25) is 0 Å². The first kappa shape index (κ1) is 22.6. The van der Waals surface area contributed by atoms with Crippen molar-refractivity contribution in [1.29, 1.82) is 0 Å². The van der Waals surface area contributed by atoms with Crippen molar-refractivity contribution in [2.75, 3.05) is 16.8 Å². The van der Waals surface area contributed by atoms with Gasteiger partial charge in [-0.05, 0) is 60.9 Å². The number of aryl methyl sites for hydroxylation is 1. The summed E-state index contributed by atoms with van der Waals surface area (Å²) in [5.74, 6) is 2.79. The summed E-state index contributed by atoms with van der Waals surface area (Å²) in [6.45, 7) is 6.15. The smallest absolute Gasteiger partial charge is 0.417 e. The van der Waals surface area contributed by atoms with E-state index in [0.717, 1.165) is 28.9 Å². The minimum Gasteiger partial charge on any atom is -0.457 e. The predicted octanol–water partition coefficient (Wildman–Crippen LogP) is 6.03. The third-order valence-corrected chi connectivity index (χ3v) is 6.07. The van der Waals surface area contributed by atoms with Crippen molar-refractivity contribution in [2.45, 2.75) is 39.3 Å². The molecular formula is C27H27N5O3. The van der Waals surface area contributed by atoms with Crippen molar-refractivity contribution in [2.24, 2.45) is 0 Å². The van der Waals surface area contributed by atoms with Crippen LogP contribution in [-0.2, 0) is 4.74 Å². The van der Waals surface area contributed by atoms with Crippen molar-refractivity contribution in [1.82, 2.24) is 15.0 Å². The lowest BCUT2D eigenvalue weighted by Gasteiger charge is -2.20. The monoisotopic (exact) mass is 469 g/mol. The maximum Gasteiger partial charge on any atom is 0.417 e. The van der Waals surface area contributed by atoms with E-state index in [9.17, 15) is 4.79 Å². The van der Waals surface area contributed by atoms with E-state index < -0.39 is 6.09 Å². The second-order valence-corrected chi connectivity index (χ2v) is 8.56. The van der Waals surface area contributed by atoms with E-state index >= 15 is 0 Å². The van der Waals surface area contributed by atoms with Crippen LogP contribution in [0.5, 0.6) is 11.5 Å². The Labute approximate surface area is 203 Å². The van der Waals surface area contributed by atoms with Gasteiger partial charge in [-0.15, -0.1) is 0 Å². The van der Waals surface area contributed by atoms with Crippen LogP contribution < -0.4 is 15.0 Å². The molecule has 4 aromatic rings. The number of benzene rings is 3. The first-order valence-electron chi connectivity index (χ1n) is 11.7. The van der Waals surface area contributed by atoms with E-state index in [1.807, 2.05) is 62.4 Å². The molecule has 178 valence electrons. The minimum atomic E-state index is -0.427. The summed E-state index contributed by atoms with van der Waals surface area (Å²) in [6, 6.07) is 22.0. The van der Waals surface area contributed by atoms with Gasteiger partial charge in [-0.25, -0.2) is 9.69 Å². The second kappa shape index (κ2) is 9.58. The quantitative estimate of drug-likeness (QED) is 0.353. The Morgan fingerprint density at radius 3 is 2.54 bits per heavy atom. The fourth-order valence-corrected chi connectivity index (χ4v) is 4.11. The highest BCUT2D eigenvalue weighted by molar-refractivity contribution is 5.88. The van der Waals surface area contributed by atoms with Gasteiger partial charge < -0.3 is 14.8 Å². The Kier molecular flexibility index (Phi) is 6.18. The Morgan fingerprint density at radius 2 is 1.77 bits per heavy atom. The van der Waals surface area contributed by atoms with Crippen LogP contribution in [0, 0.1) is 6.92 Å². The number of rotatable bonds is 7. The van der Waals surface area contributed by atoms with Crippen LogP contribution in [0.3, 0.4) is 0 Å². The van der Waals surface area contributed by atoms with Gasteiger partial charge in [0, 0.05) is 0 Å². The lowest BCUT2D eigenvalue weighted by Crippen LogP contribution is -2.34. The highest BCUT2D eigenvalue weighted by Crippen LogP contribution is 2.28. The zero-order valence-corrected chi connectivity index (χ0v) is 19.9. The van der Waals surface area contributed by atoms with Gasteiger partial charge in [0.25, 0.3) is 0 Å². The number of aromatic nitrogens is 3. The first-order valence-corrected chi connectivity index (χ1v) is 11.7. The summed E-state index contributed by atoms with van der Waals surface area (Å²) in [6.07, 6.45) is 0.326. The van der Waals surface area contributed by atoms with Gasteiger partial charge in [0.15, 0.2) is 0 Å². The lowest BCUT2D eigenvalue weighted by molar-refractivity contribution is 0.178. The van der Waals surface area contributed by atoms with E-state index in [1.54, 1.807) is 6.92 Å². The molecule has 1 fully saturated rings. The van der Waals surface area contributed by atoms with Crippen molar-refractivity contribution in [3.05, 3.63) is 78.1 Å². The van der Waals surface area contributed by atoms with Crippen molar-refractivity contribution < 1.29 is 14.3 Å². The third-order valence-electron chi connectivity index (χ3n) is 6.07. The molecule has 0 spiro atoms. The molecule has 3 aromatic carbocycles. The minimum absolute atomic E-state index is 0.0770. The average Bonchev–Trinajstić information content (AvgIpc) is 3.24. The fourth-order valence-electron chi connectivity index (χ4n) is 4.11. The first-order chi connectivity index (χ1) is 17.0. The maximum absolute atomic E-state index is 12.2. The fraction of sp³-hybridized carbons (Fsp3) is 0.259. The number of cyclic esters (lactones) is 1. The van der Waals surface area contributed by atoms with Crippen LogP contribution in [-0.4, -0.2) is 33.7 Å². The van der Waals surface area contributed by atoms with Crippen LogP contribution in [0.4, 0.5) is 16.7 Å². The molecule has 1 aliphatic heterocycles. The number of anilines is 2. The van der Waals surface area contributed by atoms with Crippen LogP contribution in [0.2, 0.25) is 0 Å². The molecule has 0 bridgehead atoms. The topological polar surface area (TPSA) is 89.5 Å². The van der Waals surface area contributed by atoms with Crippen LogP contribution in [0.1, 0.15) is 37.7 Å². The molecule has 8 nitrogen and oxygen atoms in total. The molecule has 1 amide bonds. The number of hydrogen-bond donors (Lipinski definition) is 1. The molecule has 1 N–H and O–H groups in total. The van der Waals surface area contributed by atoms with Gasteiger partial charge in [-0.1, -0.05) is 49.4 Å².